The predicted molar refractivity (Wildman–Crippen MR) is 112 cm³/mol. The van der Waals surface area contributed by atoms with E-state index in [0.717, 1.165) is 17.7 Å². The number of aryl methyl sites for hydroxylation is 1. The summed E-state index contributed by atoms with van der Waals surface area (Å²) >= 11 is 0. The van der Waals surface area contributed by atoms with Crippen LogP contribution in [0.4, 0.5) is 28.4 Å². The van der Waals surface area contributed by atoms with E-state index >= 15 is 0 Å². The van der Waals surface area contributed by atoms with E-state index in [1.54, 1.807) is 25.1 Å². The van der Waals surface area contributed by atoms with Gasteiger partial charge < -0.3 is 5.32 Å². The molecular weight excluding hydrogens is 406 g/mol. The van der Waals surface area contributed by atoms with Crippen molar-refractivity contribution in [2.75, 3.05) is 16.9 Å². The SMILES string of the molecule is CCc1ccc(N(CC)N=Nc2c(C#N)cc([N+](=O)[O-])cc2[N+](=O)[O-])cc1NC(C)=O. The number of rotatable bonds is 8. The molecule has 160 valence electrons. The summed E-state index contributed by atoms with van der Waals surface area (Å²) in [6.45, 7) is 5.41. The third-order valence-electron chi connectivity index (χ3n) is 4.24. The molecular formula is C19H19N7O5. The van der Waals surface area contributed by atoms with Crippen molar-refractivity contribution in [3.05, 3.63) is 61.7 Å². The lowest BCUT2D eigenvalue weighted by molar-refractivity contribution is -0.393. The molecule has 0 heterocycles. The first-order chi connectivity index (χ1) is 14.7. The second kappa shape index (κ2) is 9.88. The van der Waals surface area contributed by atoms with Gasteiger partial charge in [0.15, 0.2) is 5.69 Å². The molecule has 0 atom stereocenters. The highest BCUT2D eigenvalue weighted by molar-refractivity contribution is 5.90. The van der Waals surface area contributed by atoms with Crippen molar-refractivity contribution >= 4 is 34.3 Å². The highest BCUT2D eigenvalue weighted by Crippen LogP contribution is 2.36. The summed E-state index contributed by atoms with van der Waals surface area (Å²) in [5.41, 5.74) is 0.0282. The fraction of sp³-hybridized carbons (Fsp3) is 0.263. The minimum absolute atomic E-state index is 0.239. The molecule has 0 saturated carbocycles. The maximum absolute atomic E-state index is 11.5. The van der Waals surface area contributed by atoms with Crippen molar-refractivity contribution in [2.45, 2.75) is 27.2 Å². The number of nitriles is 1. The molecule has 0 spiro atoms. The van der Waals surface area contributed by atoms with Crippen LogP contribution in [0.15, 0.2) is 40.7 Å². The maximum atomic E-state index is 11.5. The van der Waals surface area contributed by atoms with Gasteiger partial charge in [0, 0.05) is 25.2 Å². The standard InChI is InChI=1S/C19H19N7O5/c1-4-13-6-7-15(9-17(13)21-12(3)27)24(5-2)23-22-19-14(11-20)8-16(25(28)29)10-18(19)26(30)31/h6-10H,4-5H2,1-3H3,(H,21,27). The van der Waals surface area contributed by atoms with E-state index in [1.807, 2.05) is 13.0 Å². The molecule has 2 aromatic carbocycles. The topological polar surface area (TPSA) is 167 Å². The number of hydrogen-bond donors (Lipinski definition) is 1. The van der Waals surface area contributed by atoms with Crippen LogP contribution >= 0.6 is 0 Å². The Morgan fingerprint density at radius 1 is 1.19 bits per heavy atom. The lowest BCUT2D eigenvalue weighted by Crippen LogP contribution is -2.15. The Morgan fingerprint density at radius 2 is 1.90 bits per heavy atom. The van der Waals surface area contributed by atoms with Gasteiger partial charge in [-0.3, -0.25) is 25.0 Å². The Morgan fingerprint density at radius 3 is 2.42 bits per heavy atom. The van der Waals surface area contributed by atoms with Gasteiger partial charge in [0.1, 0.15) is 6.07 Å². The lowest BCUT2D eigenvalue weighted by Gasteiger charge is -2.18. The molecule has 12 nitrogen and oxygen atoms in total. The van der Waals surface area contributed by atoms with Crippen LogP contribution in [-0.4, -0.2) is 22.3 Å². The zero-order valence-electron chi connectivity index (χ0n) is 17.0. The van der Waals surface area contributed by atoms with Crippen molar-refractivity contribution in [1.29, 1.82) is 5.26 Å². The number of carbonyl (C=O) groups is 1. The fourth-order valence-electron chi connectivity index (χ4n) is 2.77. The van der Waals surface area contributed by atoms with Gasteiger partial charge in [-0.05, 0) is 31.0 Å². The summed E-state index contributed by atoms with van der Waals surface area (Å²) in [5.74, 6) is -0.239. The third-order valence-corrected chi connectivity index (χ3v) is 4.24. The normalized spacial score (nSPS) is 10.5. The van der Waals surface area contributed by atoms with Crippen LogP contribution in [-0.2, 0) is 11.2 Å². The number of hydrogen-bond acceptors (Lipinski definition) is 8. The average molecular weight is 425 g/mol. The van der Waals surface area contributed by atoms with Crippen molar-refractivity contribution in [1.82, 2.24) is 0 Å². The van der Waals surface area contributed by atoms with Crippen LogP contribution in [0.2, 0.25) is 0 Å². The summed E-state index contributed by atoms with van der Waals surface area (Å²) in [5, 5.41) is 43.7. The van der Waals surface area contributed by atoms with Crippen LogP contribution in [0.1, 0.15) is 31.9 Å². The third kappa shape index (κ3) is 5.36. The van der Waals surface area contributed by atoms with Crippen molar-refractivity contribution in [3.63, 3.8) is 0 Å². The highest BCUT2D eigenvalue weighted by atomic mass is 16.6. The molecule has 0 radical (unpaired) electrons. The fourth-order valence-corrected chi connectivity index (χ4v) is 2.77. The van der Waals surface area contributed by atoms with Gasteiger partial charge in [-0.15, -0.1) is 5.11 Å². The summed E-state index contributed by atoms with van der Waals surface area (Å²) in [4.78, 5) is 32.2. The first-order valence-electron chi connectivity index (χ1n) is 9.18. The van der Waals surface area contributed by atoms with Crippen LogP contribution in [0.3, 0.4) is 0 Å². The summed E-state index contributed by atoms with van der Waals surface area (Å²) in [7, 11) is 0. The van der Waals surface area contributed by atoms with Crippen LogP contribution < -0.4 is 10.3 Å². The van der Waals surface area contributed by atoms with E-state index in [-0.39, 0.29) is 17.2 Å². The van der Waals surface area contributed by atoms with Gasteiger partial charge in [0.2, 0.25) is 5.91 Å². The molecule has 2 aromatic rings. The Balaban J connectivity index is 2.53. The molecule has 0 aliphatic carbocycles. The van der Waals surface area contributed by atoms with Crippen LogP contribution in [0, 0.1) is 31.6 Å². The molecule has 0 aliphatic heterocycles. The Labute approximate surface area is 177 Å². The number of benzene rings is 2. The summed E-state index contributed by atoms with van der Waals surface area (Å²) < 4.78 is 0. The van der Waals surface area contributed by atoms with Crippen molar-refractivity contribution in [3.8, 4) is 6.07 Å². The molecule has 1 amide bonds. The number of nitrogens with zero attached hydrogens (tertiary/aromatic N) is 6. The molecule has 12 heteroatoms. The van der Waals surface area contributed by atoms with Gasteiger partial charge in [0.25, 0.3) is 5.69 Å². The average Bonchev–Trinajstić information content (AvgIpc) is 2.73. The zero-order chi connectivity index (χ0) is 23.1. The molecule has 0 aromatic heterocycles. The Kier molecular flexibility index (Phi) is 7.29. The molecule has 0 unspecified atom stereocenters. The molecule has 0 saturated heterocycles. The summed E-state index contributed by atoms with van der Waals surface area (Å²) in [6, 6.07) is 8.58. The van der Waals surface area contributed by atoms with Gasteiger partial charge in [-0.25, -0.2) is 5.01 Å². The lowest BCUT2D eigenvalue weighted by atomic mass is 10.1. The zero-order valence-corrected chi connectivity index (χ0v) is 17.0. The number of nitro groups is 2. The summed E-state index contributed by atoms with van der Waals surface area (Å²) in [6.07, 6.45) is 0.685. The second-order valence-electron chi connectivity index (χ2n) is 6.27. The molecule has 0 aliphatic rings. The van der Waals surface area contributed by atoms with Gasteiger partial charge in [-0.1, -0.05) is 18.2 Å². The van der Waals surface area contributed by atoms with Gasteiger partial charge in [-0.2, -0.15) is 5.26 Å². The van der Waals surface area contributed by atoms with Crippen LogP contribution in [0.25, 0.3) is 0 Å². The number of nitro benzene ring substituents is 2. The number of anilines is 2. The van der Waals surface area contributed by atoms with E-state index in [0.29, 0.717) is 24.3 Å². The number of nitrogens with one attached hydrogen (secondary N) is 1. The molecule has 0 fully saturated rings. The number of carbonyl (C=O) groups excluding carboxylic acids is 1. The van der Waals surface area contributed by atoms with Gasteiger partial charge in [0.05, 0.1) is 27.2 Å². The Hall–Kier alpha value is -4.40. The smallest absolute Gasteiger partial charge is 0.305 e. The number of non-ortho nitro benzene ring substituents is 1. The largest absolute Gasteiger partial charge is 0.326 e. The first kappa shape index (κ1) is 22.9. The van der Waals surface area contributed by atoms with Gasteiger partial charge >= 0.3 is 5.69 Å². The molecule has 0 bridgehead atoms. The van der Waals surface area contributed by atoms with Crippen LogP contribution in [0.5, 0.6) is 0 Å². The molecule has 1 N–H and O–H groups in total. The minimum atomic E-state index is -0.858. The maximum Gasteiger partial charge on any atom is 0.305 e. The quantitative estimate of drug-likeness (QED) is 0.371. The predicted octanol–water partition coefficient (Wildman–Crippen LogP) is 4.42. The highest BCUT2D eigenvalue weighted by Gasteiger charge is 2.25. The molecule has 31 heavy (non-hydrogen) atoms. The van der Waals surface area contributed by atoms with Crippen molar-refractivity contribution in [2.24, 2.45) is 10.3 Å². The Bertz CT molecular complexity index is 1110. The monoisotopic (exact) mass is 425 g/mol. The second-order valence-corrected chi connectivity index (χ2v) is 6.27. The van der Waals surface area contributed by atoms with Crippen molar-refractivity contribution < 1.29 is 14.6 Å². The minimum Gasteiger partial charge on any atom is -0.326 e. The van der Waals surface area contributed by atoms with E-state index in [4.69, 9.17) is 0 Å². The molecule has 2 rings (SSSR count). The van der Waals surface area contributed by atoms with E-state index < -0.39 is 21.2 Å². The van der Waals surface area contributed by atoms with E-state index in [1.165, 1.54) is 11.9 Å². The first-order valence-corrected chi connectivity index (χ1v) is 9.18. The van der Waals surface area contributed by atoms with E-state index in [9.17, 15) is 30.3 Å². The number of amides is 1. The van der Waals surface area contributed by atoms with E-state index in [2.05, 4.69) is 15.7 Å².